The maximum absolute atomic E-state index is 13.3. The summed E-state index contributed by atoms with van der Waals surface area (Å²) in [6.07, 6.45) is -4.40. The van der Waals surface area contributed by atoms with Crippen molar-refractivity contribution in [2.75, 3.05) is 5.32 Å². The van der Waals surface area contributed by atoms with E-state index in [4.69, 9.17) is 0 Å². The highest BCUT2D eigenvalue weighted by molar-refractivity contribution is 5.74. The van der Waals surface area contributed by atoms with E-state index in [1.165, 1.54) is 6.07 Å². The van der Waals surface area contributed by atoms with Gasteiger partial charge in [-0.3, -0.25) is 0 Å². The lowest BCUT2D eigenvalue weighted by atomic mass is 10.0. The molecule has 0 saturated carbocycles. The van der Waals surface area contributed by atoms with Crippen molar-refractivity contribution in [2.45, 2.75) is 20.0 Å². The molecule has 0 amide bonds. The minimum absolute atomic E-state index is 0.422. The van der Waals surface area contributed by atoms with Gasteiger partial charge in [0.15, 0.2) is 0 Å². The van der Waals surface area contributed by atoms with Crippen LogP contribution in [0.25, 0.3) is 11.1 Å². The average Bonchev–Trinajstić information content (AvgIpc) is 2.58. The smallest absolute Gasteiger partial charge is 0.355 e. The maximum Gasteiger partial charge on any atom is 0.416 e. The fourth-order valence-electron chi connectivity index (χ4n) is 2.82. The average molecular weight is 341 g/mol. The van der Waals surface area contributed by atoms with Gasteiger partial charge in [-0.1, -0.05) is 48.5 Å². The fraction of sp³-hybridized carbons (Fsp3) is 0.143. The van der Waals surface area contributed by atoms with Crippen LogP contribution in [0.3, 0.4) is 0 Å². The fourth-order valence-corrected chi connectivity index (χ4v) is 2.82. The Bertz CT molecular complexity index is 863. The Morgan fingerprint density at radius 3 is 1.96 bits per heavy atom. The Morgan fingerprint density at radius 2 is 1.36 bits per heavy atom. The molecule has 0 saturated heterocycles. The van der Waals surface area contributed by atoms with Crippen molar-refractivity contribution in [3.8, 4) is 11.1 Å². The number of alkyl halides is 3. The van der Waals surface area contributed by atoms with Gasteiger partial charge in [0, 0.05) is 11.4 Å². The van der Waals surface area contributed by atoms with E-state index in [1.807, 2.05) is 50.2 Å². The topological polar surface area (TPSA) is 12.0 Å². The highest BCUT2D eigenvalue weighted by Gasteiger charge is 2.31. The molecular formula is C21H18F3N. The lowest BCUT2D eigenvalue weighted by Crippen LogP contribution is -2.06. The largest absolute Gasteiger partial charge is 0.416 e. The number of anilines is 2. The molecule has 3 rings (SSSR count). The van der Waals surface area contributed by atoms with Crippen molar-refractivity contribution >= 4 is 11.4 Å². The summed E-state index contributed by atoms with van der Waals surface area (Å²) in [7, 11) is 0. The number of aryl methyl sites for hydroxylation is 2. The molecule has 0 radical (unpaired) electrons. The van der Waals surface area contributed by atoms with Crippen LogP contribution in [-0.2, 0) is 6.18 Å². The summed E-state index contributed by atoms with van der Waals surface area (Å²) in [6.45, 7) is 3.86. The Hall–Kier alpha value is -2.75. The molecule has 0 aliphatic heterocycles. The first-order valence-electron chi connectivity index (χ1n) is 7.95. The number of benzene rings is 3. The highest BCUT2D eigenvalue weighted by Crippen LogP contribution is 2.36. The van der Waals surface area contributed by atoms with E-state index in [0.717, 1.165) is 28.4 Å². The minimum atomic E-state index is -4.40. The van der Waals surface area contributed by atoms with Crippen molar-refractivity contribution < 1.29 is 13.2 Å². The predicted octanol–water partition coefficient (Wildman–Crippen LogP) is 6.73. The van der Waals surface area contributed by atoms with E-state index in [2.05, 4.69) is 5.32 Å². The molecule has 4 heteroatoms. The van der Waals surface area contributed by atoms with Crippen LogP contribution < -0.4 is 5.32 Å². The first kappa shape index (κ1) is 17.1. The van der Waals surface area contributed by atoms with Gasteiger partial charge in [0.1, 0.15) is 0 Å². The number of hydrogen-bond donors (Lipinski definition) is 1. The second-order valence-electron chi connectivity index (χ2n) is 6.05. The van der Waals surface area contributed by atoms with Crippen molar-refractivity contribution in [1.82, 2.24) is 0 Å². The molecule has 0 aliphatic carbocycles. The van der Waals surface area contributed by atoms with E-state index < -0.39 is 11.7 Å². The summed E-state index contributed by atoms with van der Waals surface area (Å²) >= 11 is 0. The molecule has 0 bridgehead atoms. The van der Waals surface area contributed by atoms with Crippen LogP contribution in [0, 0.1) is 13.8 Å². The van der Waals surface area contributed by atoms with E-state index in [1.54, 1.807) is 18.2 Å². The molecule has 0 atom stereocenters. The zero-order chi connectivity index (χ0) is 18.0. The number of nitrogens with one attached hydrogen (secondary N) is 1. The van der Waals surface area contributed by atoms with Gasteiger partial charge in [-0.15, -0.1) is 0 Å². The van der Waals surface area contributed by atoms with Gasteiger partial charge < -0.3 is 5.32 Å². The third-order valence-electron chi connectivity index (χ3n) is 4.12. The van der Waals surface area contributed by atoms with Crippen LogP contribution in [-0.4, -0.2) is 0 Å². The third kappa shape index (κ3) is 3.85. The van der Waals surface area contributed by atoms with E-state index in [9.17, 15) is 13.2 Å². The number of halogens is 3. The Labute approximate surface area is 145 Å². The lowest BCUT2D eigenvalue weighted by Gasteiger charge is -2.16. The molecule has 1 N–H and O–H groups in total. The SMILES string of the molecule is Cc1cccc(C)c1Nc1cc(-c2ccccc2)cc(C(F)(F)F)c1. The summed E-state index contributed by atoms with van der Waals surface area (Å²) < 4.78 is 40.0. The second-order valence-corrected chi connectivity index (χ2v) is 6.05. The summed E-state index contributed by atoms with van der Waals surface area (Å²) in [5.74, 6) is 0. The molecule has 3 aromatic rings. The third-order valence-corrected chi connectivity index (χ3v) is 4.12. The molecule has 0 aromatic heterocycles. The van der Waals surface area contributed by atoms with Gasteiger partial charge in [0.2, 0.25) is 0 Å². The lowest BCUT2D eigenvalue weighted by molar-refractivity contribution is -0.137. The van der Waals surface area contributed by atoms with Gasteiger partial charge in [0.25, 0.3) is 0 Å². The molecule has 0 unspecified atom stereocenters. The van der Waals surface area contributed by atoms with Gasteiger partial charge in [0.05, 0.1) is 5.56 Å². The number of para-hydroxylation sites is 1. The van der Waals surface area contributed by atoms with Crippen molar-refractivity contribution in [2.24, 2.45) is 0 Å². The van der Waals surface area contributed by atoms with E-state index in [-0.39, 0.29) is 0 Å². The van der Waals surface area contributed by atoms with Crippen LogP contribution >= 0.6 is 0 Å². The van der Waals surface area contributed by atoms with Crippen molar-refractivity contribution in [3.05, 3.63) is 83.4 Å². The molecule has 1 nitrogen and oxygen atoms in total. The van der Waals surface area contributed by atoms with Crippen LogP contribution in [0.1, 0.15) is 16.7 Å². The van der Waals surface area contributed by atoms with Crippen molar-refractivity contribution in [1.29, 1.82) is 0 Å². The zero-order valence-corrected chi connectivity index (χ0v) is 14.0. The first-order chi connectivity index (χ1) is 11.8. The monoisotopic (exact) mass is 341 g/mol. The molecule has 25 heavy (non-hydrogen) atoms. The molecule has 0 spiro atoms. The summed E-state index contributed by atoms with van der Waals surface area (Å²) in [5.41, 5.74) is 3.84. The van der Waals surface area contributed by atoms with Gasteiger partial charge in [-0.25, -0.2) is 0 Å². The Balaban J connectivity index is 2.10. The van der Waals surface area contributed by atoms with Crippen molar-refractivity contribution in [3.63, 3.8) is 0 Å². The maximum atomic E-state index is 13.3. The number of hydrogen-bond acceptors (Lipinski definition) is 1. The Kier molecular flexibility index (Phi) is 4.53. The molecule has 0 heterocycles. The van der Waals surface area contributed by atoms with Crippen LogP contribution in [0.2, 0.25) is 0 Å². The standard InChI is InChI=1S/C21H18F3N/c1-14-7-6-8-15(2)20(14)25-19-12-17(16-9-4-3-5-10-16)11-18(13-19)21(22,23)24/h3-13,25H,1-2H3. The highest BCUT2D eigenvalue weighted by atomic mass is 19.4. The first-order valence-corrected chi connectivity index (χ1v) is 7.95. The normalized spacial score (nSPS) is 11.4. The molecule has 128 valence electrons. The van der Waals surface area contributed by atoms with Gasteiger partial charge >= 0.3 is 6.18 Å². The predicted molar refractivity (Wildman–Crippen MR) is 96.1 cm³/mol. The van der Waals surface area contributed by atoms with E-state index >= 15 is 0 Å². The summed E-state index contributed by atoms with van der Waals surface area (Å²) in [5, 5.41) is 3.16. The minimum Gasteiger partial charge on any atom is -0.355 e. The summed E-state index contributed by atoms with van der Waals surface area (Å²) in [6, 6.07) is 18.9. The molecule has 0 aliphatic rings. The molecule has 3 aromatic carbocycles. The van der Waals surface area contributed by atoms with Crippen LogP contribution in [0.15, 0.2) is 66.7 Å². The van der Waals surface area contributed by atoms with Gasteiger partial charge in [-0.2, -0.15) is 13.2 Å². The Morgan fingerprint density at radius 1 is 0.720 bits per heavy atom. The zero-order valence-electron chi connectivity index (χ0n) is 14.0. The van der Waals surface area contributed by atoms with Crippen LogP contribution in [0.4, 0.5) is 24.5 Å². The quantitative estimate of drug-likeness (QED) is 0.557. The van der Waals surface area contributed by atoms with Gasteiger partial charge in [-0.05, 0) is 54.3 Å². The molecular weight excluding hydrogens is 323 g/mol. The molecule has 0 fully saturated rings. The van der Waals surface area contributed by atoms with Crippen LogP contribution in [0.5, 0.6) is 0 Å². The summed E-state index contributed by atoms with van der Waals surface area (Å²) in [4.78, 5) is 0. The second kappa shape index (κ2) is 6.63. The number of rotatable bonds is 3. The van der Waals surface area contributed by atoms with E-state index in [0.29, 0.717) is 11.3 Å².